The normalized spacial score (nSPS) is 21.3. The fourth-order valence-electron chi connectivity index (χ4n) is 4.84. The third kappa shape index (κ3) is 3.51. The summed E-state index contributed by atoms with van der Waals surface area (Å²) in [6, 6.07) is 17.3. The minimum absolute atomic E-state index is 0.0338. The lowest BCUT2D eigenvalue weighted by Gasteiger charge is -2.34. The lowest BCUT2D eigenvalue weighted by Crippen LogP contribution is -3.12. The Morgan fingerprint density at radius 3 is 2.79 bits per heavy atom. The van der Waals surface area contributed by atoms with Gasteiger partial charge >= 0.3 is 0 Å². The van der Waals surface area contributed by atoms with Crippen LogP contribution in [0.4, 0.5) is 0 Å². The van der Waals surface area contributed by atoms with Crippen LogP contribution in [0.1, 0.15) is 52.0 Å². The molecule has 1 fully saturated rings. The molecule has 0 radical (unpaired) electrons. The second kappa shape index (κ2) is 7.56. The minimum atomic E-state index is 0.0338. The first-order valence-corrected chi connectivity index (χ1v) is 10.6. The molecule has 5 heteroatoms. The second-order valence-corrected chi connectivity index (χ2v) is 8.32. The zero-order valence-corrected chi connectivity index (χ0v) is 16.9. The molecule has 2 aliphatic rings. The average Bonchev–Trinajstić information content (AvgIpc) is 3.48. The first-order valence-electron chi connectivity index (χ1n) is 10.6. The van der Waals surface area contributed by atoms with Crippen LogP contribution in [0.25, 0.3) is 0 Å². The molecule has 2 aromatic heterocycles. The second-order valence-electron chi connectivity index (χ2n) is 8.32. The van der Waals surface area contributed by atoms with Gasteiger partial charge in [-0.2, -0.15) is 0 Å². The average molecular weight is 391 g/mol. The lowest BCUT2D eigenvalue weighted by molar-refractivity contribution is -0.944. The van der Waals surface area contributed by atoms with Crippen molar-refractivity contribution in [1.82, 2.24) is 9.47 Å². The summed E-state index contributed by atoms with van der Waals surface area (Å²) in [7, 11) is 0. The van der Waals surface area contributed by atoms with Gasteiger partial charge in [0.15, 0.2) is 17.6 Å². The Morgan fingerprint density at radius 2 is 1.97 bits per heavy atom. The molecule has 29 heavy (non-hydrogen) atoms. The van der Waals surface area contributed by atoms with Crippen LogP contribution >= 0.6 is 0 Å². The van der Waals surface area contributed by atoms with Crippen molar-refractivity contribution in [2.75, 3.05) is 19.6 Å². The molecule has 1 N–H and O–H groups in total. The molecule has 5 nitrogen and oxygen atoms in total. The number of likely N-dealkylation sites (tertiary alicyclic amines) is 1. The zero-order valence-electron chi connectivity index (χ0n) is 16.9. The Morgan fingerprint density at radius 1 is 1.10 bits per heavy atom. The van der Waals surface area contributed by atoms with Gasteiger partial charge < -0.3 is 18.8 Å². The van der Waals surface area contributed by atoms with Crippen LogP contribution in [0.3, 0.4) is 0 Å². The Kier molecular flexibility index (Phi) is 4.76. The van der Waals surface area contributed by atoms with Crippen LogP contribution in [-0.2, 0) is 13.1 Å². The van der Waals surface area contributed by atoms with Crippen molar-refractivity contribution in [3.8, 4) is 0 Å². The van der Waals surface area contributed by atoms with Crippen molar-refractivity contribution in [2.45, 2.75) is 38.9 Å². The fourth-order valence-corrected chi connectivity index (χ4v) is 4.84. The lowest BCUT2D eigenvalue weighted by atomic mass is 9.98. The number of nitrogens with one attached hydrogen (secondary N) is 1. The van der Waals surface area contributed by atoms with Crippen LogP contribution in [0.5, 0.6) is 0 Å². The third-order valence-electron chi connectivity index (χ3n) is 6.28. The van der Waals surface area contributed by atoms with Gasteiger partial charge in [-0.3, -0.25) is 4.79 Å². The van der Waals surface area contributed by atoms with E-state index in [9.17, 15) is 4.79 Å². The highest BCUT2D eigenvalue weighted by Crippen LogP contribution is 2.24. The summed E-state index contributed by atoms with van der Waals surface area (Å²) in [5.74, 6) is 1.40. The fraction of sp³-hybridized carbons (Fsp3) is 0.375. The molecular weight excluding hydrogens is 362 g/mol. The molecule has 1 unspecified atom stereocenters. The van der Waals surface area contributed by atoms with E-state index in [4.69, 9.17) is 4.42 Å². The van der Waals surface area contributed by atoms with Crippen molar-refractivity contribution in [2.24, 2.45) is 0 Å². The van der Waals surface area contributed by atoms with E-state index < -0.39 is 0 Å². The molecule has 4 heterocycles. The van der Waals surface area contributed by atoms with E-state index in [0.717, 1.165) is 51.3 Å². The number of aryl methyl sites for hydroxylation is 1. The predicted octanol–water partition coefficient (Wildman–Crippen LogP) is 2.81. The maximum atomic E-state index is 12.6. The number of nitrogens with zero attached hydrogens (tertiary/aromatic N) is 2. The van der Waals surface area contributed by atoms with Gasteiger partial charge in [0.2, 0.25) is 0 Å². The molecule has 5 rings (SSSR count). The van der Waals surface area contributed by atoms with Gasteiger partial charge in [0.25, 0.3) is 5.91 Å². The standard InChI is InChI=1S/C24H27N3O2/c1-18-6-4-7-19(16-18)23-21-8-5-13-25(21)14-15-27(23)17-20-9-10-22(29-20)24(28)26-11-2-3-12-26/h4-10,13,16,23H,2-3,11-12,14-15,17H2,1H3/p+1/t23-/m1/s1. The number of carbonyl (C=O) groups excluding carboxylic acids is 1. The molecule has 1 amide bonds. The van der Waals surface area contributed by atoms with Gasteiger partial charge in [-0.25, -0.2) is 0 Å². The summed E-state index contributed by atoms with van der Waals surface area (Å²) >= 11 is 0. The van der Waals surface area contributed by atoms with E-state index in [1.54, 1.807) is 0 Å². The molecule has 0 bridgehead atoms. The minimum Gasteiger partial charge on any atom is -0.450 e. The first kappa shape index (κ1) is 18.3. The molecule has 3 aromatic rings. The topological polar surface area (TPSA) is 42.8 Å². The van der Waals surface area contributed by atoms with Crippen molar-refractivity contribution in [1.29, 1.82) is 0 Å². The van der Waals surface area contributed by atoms with Crippen LogP contribution in [0.15, 0.2) is 59.1 Å². The first-order chi connectivity index (χ1) is 14.2. The van der Waals surface area contributed by atoms with Gasteiger partial charge in [-0.1, -0.05) is 23.8 Å². The van der Waals surface area contributed by atoms with E-state index in [1.165, 1.54) is 21.7 Å². The Hall–Kier alpha value is -2.79. The number of carbonyl (C=O) groups is 1. The number of quaternary nitrogens is 1. The summed E-state index contributed by atoms with van der Waals surface area (Å²) in [4.78, 5) is 16.0. The van der Waals surface area contributed by atoms with Crippen LogP contribution in [-0.4, -0.2) is 35.0 Å². The summed E-state index contributed by atoms with van der Waals surface area (Å²) < 4.78 is 8.38. The molecule has 2 aliphatic heterocycles. The van der Waals surface area contributed by atoms with Gasteiger partial charge in [-0.15, -0.1) is 0 Å². The van der Waals surface area contributed by atoms with Crippen LogP contribution in [0, 0.1) is 6.92 Å². The van der Waals surface area contributed by atoms with E-state index in [2.05, 4.69) is 54.1 Å². The van der Waals surface area contributed by atoms with Crippen LogP contribution in [0.2, 0.25) is 0 Å². The van der Waals surface area contributed by atoms with Crippen molar-refractivity contribution in [3.05, 3.63) is 83.1 Å². The third-order valence-corrected chi connectivity index (χ3v) is 6.28. The summed E-state index contributed by atoms with van der Waals surface area (Å²) in [5, 5.41) is 0. The number of amides is 1. The Bertz CT molecular complexity index is 1010. The van der Waals surface area contributed by atoms with E-state index in [1.807, 2.05) is 17.0 Å². The Balaban J connectivity index is 1.40. The van der Waals surface area contributed by atoms with Crippen molar-refractivity contribution >= 4 is 5.91 Å². The smallest absolute Gasteiger partial charge is 0.289 e. The zero-order chi connectivity index (χ0) is 19.8. The maximum Gasteiger partial charge on any atom is 0.289 e. The van der Waals surface area contributed by atoms with Gasteiger partial charge in [-0.05, 0) is 50.1 Å². The molecule has 1 saturated heterocycles. The number of benzene rings is 1. The van der Waals surface area contributed by atoms with Gasteiger partial charge in [0.1, 0.15) is 6.54 Å². The number of hydrogen-bond acceptors (Lipinski definition) is 2. The van der Waals surface area contributed by atoms with E-state index in [0.29, 0.717) is 5.76 Å². The van der Waals surface area contributed by atoms with E-state index >= 15 is 0 Å². The highest BCUT2D eigenvalue weighted by molar-refractivity contribution is 5.91. The number of fused-ring (bicyclic) bond motifs is 1. The van der Waals surface area contributed by atoms with E-state index in [-0.39, 0.29) is 11.9 Å². The van der Waals surface area contributed by atoms with Crippen LogP contribution < -0.4 is 4.90 Å². The molecular formula is C24H28N3O2+. The number of hydrogen-bond donors (Lipinski definition) is 1. The van der Waals surface area contributed by atoms with Gasteiger partial charge in [0.05, 0.1) is 18.8 Å². The molecule has 0 saturated carbocycles. The molecule has 1 aromatic carbocycles. The summed E-state index contributed by atoms with van der Waals surface area (Å²) in [6.45, 7) is 6.64. The molecule has 150 valence electrons. The number of aromatic nitrogens is 1. The van der Waals surface area contributed by atoms with Crippen molar-refractivity contribution in [3.63, 3.8) is 0 Å². The van der Waals surface area contributed by atoms with Gasteiger partial charge in [0, 0.05) is 24.8 Å². The number of rotatable bonds is 4. The highest BCUT2D eigenvalue weighted by Gasteiger charge is 2.33. The number of furan rings is 1. The SMILES string of the molecule is Cc1cccc([C@@H]2c3cccn3CC[NH+]2Cc2ccc(C(=O)N3CCCC3)o2)c1. The summed E-state index contributed by atoms with van der Waals surface area (Å²) in [6.07, 6.45) is 4.36. The quantitative estimate of drug-likeness (QED) is 0.744. The highest BCUT2D eigenvalue weighted by atomic mass is 16.4. The Labute approximate surface area is 171 Å². The predicted molar refractivity (Wildman–Crippen MR) is 111 cm³/mol. The maximum absolute atomic E-state index is 12.6. The molecule has 0 spiro atoms. The van der Waals surface area contributed by atoms with Crippen molar-refractivity contribution < 1.29 is 14.1 Å². The summed E-state index contributed by atoms with van der Waals surface area (Å²) in [5.41, 5.74) is 3.96. The molecule has 2 atom stereocenters. The monoisotopic (exact) mass is 390 g/mol. The largest absolute Gasteiger partial charge is 0.450 e. The molecule has 0 aliphatic carbocycles.